The highest BCUT2D eigenvalue weighted by molar-refractivity contribution is 5.88. The first kappa shape index (κ1) is 7.60. The van der Waals surface area contributed by atoms with Gasteiger partial charge >= 0.3 is 0 Å². The number of carbonyl (C=O) groups is 1. The molecule has 2 heterocycles. The number of allylic oxidation sites excluding steroid dienone is 2. The number of hydrogen-bond donors (Lipinski definition) is 0. The third kappa shape index (κ3) is 0.708. The Morgan fingerprint density at radius 2 is 2.14 bits per heavy atom. The van der Waals surface area contributed by atoms with Crippen molar-refractivity contribution < 1.29 is 14.3 Å². The van der Waals surface area contributed by atoms with Crippen molar-refractivity contribution in [2.75, 3.05) is 6.61 Å². The van der Waals surface area contributed by atoms with Gasteiger partial charge in [0.2, 0.25) is 0 Å². The van der Waals surface area contributed by atoms with Crippen LogP contribution < -0.4 is 0 Å². The molecule has 3 nitrogen and oxygen atoms in total. The summed E-state index contributed by atoms with van der Waals surface area (Å²) in [5, 5.41) is 0. The van der Waals surface area contributed by atoms with Gasteiger partial charge in [0, 0.05) is 11.8 Å². The molecule has 0 aromatic carbocycles. The molecule has 4 aliphatic rings. The zero-order chi connectivity index (χ0) is 9.28. The van der Waals surface area contributed by atoms with Crippen LogP contribution in [0.4, 0.5) is 0 Å². The predicted octanol–water partition coefficient (Wildman–Crippen LogP) is 0.749. The fourth-order valence-electron chi connectivity index (χ4n) is 3.62. The molecule has 0 aromatic rings. The molecular formula is C11H12O3. The topological polar surface area (TPSA) is 35.5 Å². The summed E-state index contributed by atoms with van der Waals surface area (Å²) in [6.07, 6.45) is 5.24. The van der Waals surface area contributed by atoms with Crippen LogP contribution in [-0.2, 0) is 14.3 Å². The van der Waals surface area contributed by atoms with E-state index in [1.165, 1.54) is 0 Å². The normalized spacial score (nSPS) is 58.1. The molecular weight excluding hydrogens is 180 g/mol. The van der Waals surface area contributed by atoms with Gasteiger partial charge in [-0.1, -0.05) is 12.2 Å². The van der Waals surface area contributed by atoms with Crippen LogP contribution in [0.25, 0.3) is 0 Å². The molecule has 3 heteroatoms. The van der Waals surface area contributed by atoms with E-state index in [1.54, 1.807) is 0 Å². The molecule has 1 saturated carbocycles. The quantitative estimate of drug-likeness (QED) is 0.531. The van der Waals surface area contributed by atoms with Crippen LogP contribution in [-0.4, -0.2) is 24.8 Å². The second-order valence-electron chi connectivity index (χ2n) is 4.78. The first-order chi connectivity index (χ1) is 6.84. The number of Topliss-reactive ketones (excluding diaryl/α,β-unsaturated/α-hetero) is 1. The molecule has 0 spiro atoms. The van der Waals surface area contributed by atoms with E-state index in [2.05, 4.69) is 12.2 Å². The van der Waals surface area contributed by atoms with Gasteiger partial charge in [-0.15, -0.1) is 0 Å². The van der Waals surface area contributed by atoms with Gasteiger partial charge < -0.3 is 9.47 Å². The maximum atomic E-state index is 12.0. The molecule has 0 N–H and O–H groups in total. The van der Waals surface area contributed by atoms with Crippen molar-refractivity contribution in [2.45, 2.75) is 18.8 Å². The second-order valence-corrected chi connectivity index (χ2v) is 4.78. The van der Waals surface area contributed by atoms with E-state index < -0.39 is 0 Å². The van der Waals surface area contributed by atoms with E-state index in [9.17, 15) is 4.79 Å². The highest BCUT2D eigenvalue weighted by atomic mass is 16.7. The molecule has 2 aliphatic heterocycles. The number of fused-ring (bicyclic) bond motifs is 8. The number of hydrogen-bond acceptors (Lipinski definition) is 3. The van der Waals surface area contributed by atoms with Crippen molar-refractivity contribution in [3.63, 3.8) is 0 Å². The van der Waals surface area contributed by atoms with Crippen molar-refractivity contribution in [1.82, 2.24) is 0 Å². The van der Waals surface area contributed by atoms with Crippen LogP contribution in [0, 0.1) is 23.7 Å². The van der Waals surface area contributed by atoms with Crippen LogP contribution in [0.2, 0.25) is 0 Å². The lowest BCUT2D eigenvalue weighted by molar-refractivity contribution is -0.166. The van der Waals surface area contributed by atoms with Crippen LogP contribution >= 0.6 is 0 Å². The summed E-state index contributed by atoms with van der Waals surface area (Å²) in [5.74, 6) is 1.82. The van der Waals surface area contributed by atoms with Gasteiger partial charge in [0.05, 0.1) is 6.61 Å². The van der Waals surface area contributed by atoms with Crippen LogP contribution in [0.3, 0.4) is 0 Å². The van der Waals surface area contributed by atoms with Crippen molar-refractivity contribution in [2.24, 2.45) is 23.7 Å². The Morgan fingerprint density at radius 3 is 3.07 bits per heavy atom. The minimum absolute atomic E-state index is 0.0948. The summed E-state index contributed by atoms with van der Waals surface area (Å²) < 4.78 is 11.1. The number of ether oxygens (including phenoxy) is 2. The standard InChI is InChI=1S/C11H12O3/c12-10-7-4-13-11(14-7)9-6-2-1-5(3-6)8(9)10/h1-2,5-9,11H,3-4H2/t5-,6+,7-,8+,9-,11-/m1/s1. The Bertz CT molecular complexity index is 335. The second kappa shape index (κ2) is 2.28. The fourth-order valence-corrected chi connectivity index (χ4v) is 3.62. The van der Waals surface area contributed by atoms with E-state index in [-0.39, 0.29) is 18.3 Å². The lowest BCUT2D eigenvalue weighted by atomic mass is 9.77. The predicted molar refractivity (Wildman–Crippen MR) is 47.3 cm³/mol. The minimum Gasteiger partial charge on any atom is -0.349 e. The lowest BCUT2D eigenvalue weighted by Gasteiger charge is -2.34. The SMILES string of the molecule is O=C1[C@@H]2[C@H]([C@@H]3OC[C@H]1O3)[C@H]1C=C[C@@H]2C1. The molecule has 0 unspecified atom stereocenters. The molecule has 74 valence electrons. The minimum atomic E-state index is -0.256. The summed E-state index contributed by atoms with van der Waals surface area (Å²) in [4.78, 5) is 12.0. The third-order valence-electron chi connectivity index (χ3n) is 4.19. The Morgan fingerprint density at radius 1 is 1.29 bits per heavy atom. The Balaban J connectivity index is 1.81. The van der Waals surface area contributed by atoms with Crippen molar-refractivity contribution in [3.8, 4) is 0 Å². The molecule has 2 saturated heterocycles. The molecule has 6 atom stereocenters. The van der Waals surface area contributed by atoms with E-state index in [0.717, 1.165) is 6.42 Å². The molecule has 2 aliphatic carbocycles. The fraction of sp³-hybridized carbons (Fsp3) is 0.727. The van der Waals surface area contributed by atoms with Crippen LogP contribution in [0.15, 0.2) is 12.2 Å². The van der Waals surface area contributed by atoms with Crippen LogP contribution in [0.1, 0.15) is 6.42 Å². The Kier molecular flexibility index (Phi) is 1.24. The van der Waals surface area contributed by atoms with Gasteiger partial charge in [0.25, 0.3) is 0 Å². The zero-order valence-electron chi connectivity index (χ0n) is 7.76. The molecule has 0 radical (unpaired) electrons. The highest BCUT2D eigenvalue weighted by Crippen LogP contribution is 2.54. The third-order valence-corrected chi connectivity index (χ3v) is 4.19. The maximum Gasteiger partial charge on any atom is 0.168 e. The lowest BCUT2D eigenvalue weighted by Crippen LogP contribution is -2.45. The summed E-state index contributed by atoms with van der Waals surface area (Å²) in [5.41, 5.74) is 0. The van der Waals surface area contributed by atoms with Crippen LogP contribution in [0.5, 0.6) is 0 Å². The van der Waals surface area contributed by atoms with Gasteiger partial charge in [-0.25, -0.2) is 0 Å². The average molecular weight is 192 g/mol. The maximum absolute atomic E-state index is 12.0. The molecule has 0 aromatic heterocycles. The van der Waals surface area contributed by atoms with E-state index in [1.807, 2.05) is 0 Å². The average Bonchev–Trinajstić information content (AvgIpc) is 2.89. The molecule has 4 bridgehead atoms. The summed E-state index contributed by atoms with van der Waals surface area (Å²) >= 11 is 0. The van der Waals surface area contributed by atoms with Crippen molar-refractivity contribution >= 4 is 5.78 Å². The number of carbonyl (C=O) groups excluding carboxylic acids is 1. The van der Waals surface area contributed by atoms with Gasteiger partial charge in [-0.3, -0.25) is 4.79 Å². The van der Waals surface area contributed by atoms with Gasteiger partial charge in [0.1, 0.15) is 6.10 Å². The van der Waals surface area contributed by atoms with Gasteiger partial charge in [-0.05, 0) is 18.3 Å². The van der Waals surface area contributed by atoms with E-state index in [4.69, 9.17) is 9.47 Å². The largest absolute Gasteiger partial charge is 0.349 e. The first-order valence-electron chi connectivity index (χ1n) is 5.34. The summed E-state index contributed by atoms with van der Waals surface area (Å²) in [6, 6.07) is 0. The summed E-state index contributed by atoms with van der Waals surface area (Å²) in [6.45, 7) is 0.482. The van der Waals surface area contributed by atoms with Crippen molar-refractivity contribution in [1.29, 1.82) is 0 Å². The Hall–Kier alpha value is -0.670. The van der Waals surface area contributed by atoms with E-state index >= 15 is 0 Å². The van der Waals surface area contributed by atoms with Gasteiger partial charge in [0.15, 0.2) is 12.1 Å². The Labute approximate surface area is 82.1 Å². The molecule has 14 heavy (non-hydrogen) atoms. The first-order valence-corrected chi connectivity index (χ1v) is 5.34. The smallest absolute Gasteiger partial charge is 0.168 e. The van der Waals surface area contributed by atoms with Crippen molar-refractivity contribution in [3.05, 3.63) is 12.2 Å². The zero-order valence-corrected chi connectivity index (χ0v) is 7.76. The number of rotatable bonds is 0. The van der Waals surface area contributed by atoms with E-state index in [0.29, 0.717) is 30.1 Å². The highest BCUT2D eigenvalue weighted by Gasteiger charge is 2.59. The molecule has 4 rings (SSSR count). The molecule has 3 fully saturated rings. The van der Waals surface area contributed by atoms with Gasteiger partial charge in [-0.2, -0.15) is 0 Å². The monoisotopic (exact) mass is 192 g/mol. The molecule has 0 amide bonds. The summed E-state index contributed by atoms with van der Waals surface area (Å²) in [7, 11) is 0. The number of ketones is 1.